The zero-order valence-corrected chi connectivity index (χ0v) is 13.9. The predicted molar refractivity (Wildman–Crippen MR) is 81.2 cm³/mol. The van der Waals surface area contributed by atoms with Crippen LogP contribution in [-0.4, -0.2) is 59.3 Å². The number of anilines is 1. The van der Waals surface area contributed by atoms with Gasteiger partial charge < -0.3 is 25.4 Å². The second kappa shape index (κ2) is 6.63. The first-order valence-corrected chi connectivity index (χ1v) is 8.58. The smallest absolute Gasteiger partial charge is 0.387 e. The third-order valence-electron chi connectivity index (χ3n) is 3.55. The fourth-order valence-electron chi connectivity index (χ4n) is 2.48. The number of H-pyrrole nitrogens is 1. The number of nitrogen functional groups attached to an aromatic ring is 1. The molecule has 138 valence electrons. The summed E-state index contributed by atoms with van der Waals surface area (Å²) in [5.41, 5.74) is 4.95. The summed E-state index contributed by atoms with van der Waals surface area (Å²) in [6.07, 6.45) is -3.61. The van der Waals surface area contributed by atoms with E-state index >= 15 is 0 Å². The van der Waals surface area contributed by atoms with E-state index in [1.54, 1.807) is 0 Å². The van der Waals surface area contributed by atoms with Crippen molar-refractivity contribution < 1.29 is 33.0 Å². The van der Waals surface area contributed by atoms with Crippen molar-refractivity contribution in [2.75, 3.05) is 12.3 Å². The van der Waals surface area contributed by atoms with E-state index < -0.39 is 44.5 Å². The summed E-state index contributed by atoms with van der Waals surface area (Å²) in [5, 5.41) is 10.2. The highest BCUT2D eigenvalue weighted by Crippen LogP contribution is 2.39. The second-order valence-corrected chi connectivity index (χ2v) is 6.59. The van der Waals surface area contributed by atoms with Crippen molar-refractivity contribution in [1.82, 2.24) is 19.5 Å². The molecule has 0 radical (unpaired) electrons. The molecule has 13 nitrogen and oxygen atoms in total. The number of nitrogens with one attached hydrogen (secondary N) is 1. The van der Waals surface area contributed by atoms with Gasteiger partial charge in [0.1, 0.15) is 12.2 Å². The van der Waals surface area contributed by atoms with Crippen molar-refractivity contribution in [1.29, 1.82) is 0 Å². The Bertz CT molecular complexity index is 882. The first kappa shape index (κ1) is 18.2. The molecule has 1 saturated heterocycles. The Morgan fingerprint density at radius 2 is 2.24 bits per heavy atom. The van der Waals surface area contributed by atoms with E-state index in [0.717, 1.165) is 0 Å². The van der Waals surface area contributed by atoms with E-state index in [4.69, 9.17) is 32.1 Å². The van der Waals surface area contributed by atoms with Gasteiger partial charge in [0.05, 0.1) is 24.8 Å². The molecule has 2 aromatic rings. The van der Waals surface area contributed by atoms with Crippen LogP contribution in [0.2, 0.25) is 0 Å². The molecule has 3 heterocycles. The zero-order chi connectivity index (χ0) is 18.4. The second-order valence-electron chi connectivity index (χ2n) is 5.17. The van der Waals surface area contributed by atoms with Gasteiger partial charge in [0.2, 0.25) is 5.95 Å². The topological polar surface area (TPSA) is 195 Å². The summed E-state index contributed by atoms with van der Waals surface area (Å²) in [4.78, 5) is 39.5. The largest absolute Gasteiger partial charge is 0.469 e. The number of ether oxygens (including phenoxy) is 1. The molecule has 0 unspecified atom stereocenters. The number of aliphatic hydroxyl groups is 1. The molecule has 2 aromatic heterocycles. The van der Waals surface area contributed by atoms with Crippen molar-refractivity contribution in [3.05, 3.63) is 16.7 Å². The van der Waals surface area contributed by atoms with Crippen molar-refractivity contribution >= 4 is 36.8 Å². The molecule has 0 spiro atoms. The number of nitrogens with two attached hydrogens (primary N) is 1. The highest BCUT2D eigenvalue weighted by atomic mass is 35.5. The summed E-state index contributed by atoms with van der Waals surface area (Å²) >= 11 is 5.40. The quantitative estimate of drug-likeness (QED) is 0.372. The van der Waals surface area contributed by atoms with E-state index in [-0.39, 0.29) is 17.1 Å². The Morgan fingerprint density at radius 1 is 1.52 bits per heavy atom. The molecule has 4 atom stereocenters. The Hall–Kier alpha value is -1.57. The molecule has 1 aliphatic heterocycles. The minimum atomic E-state index is -4.76. The molecule has 25 heavy (non-hydrogen) atoms. The van der Waals surface area contributed by atoms with Crippen molar-refractivity contribution in [3.63, 3.8) is 0 Å². The van der Waals surface area contributed by atoms with Gasteiger partial charge in [-0.3, -0.25) is 23.2 Å². The van der Waals surface area contributed by atoms with Gasteiger partial charge in [0.25, 0.3) is 5.56 Å². The molecule has 1 aliphatic rings. The fourth-order valence-corrected chi connectivity index (χ4v) is 3.01. The minimum Gasteiger partial charge on any atom is -0.387 e. The third kappa shape index (κ3) is 3.54. The van der Waals surface area contributed by atoms with Crippen molar-refractivity contribution in [2.24, 2.45) is 0 Å². The maximum atomic E-state index is 11.8. The average Bonchev–Trinajstić information content (AvgIpc) is 3.05. The van der Waals surface area contributed by atoms with Gasteiger partial charge in [0.15, 0.2) is 23.5 Å². The maximum absolute atomic E-state index is 11.8. The Kier molecular flexibility index (Phi) is 4.83. The molecule has 0 saturated carbocycles. The minimum absolute atomic E-state index is 0.0319. The first-order valence-electron chi connectivity index (χ1n) is 6.74. The van der Waals surface area contributed by atoms with Crippen LogP contribution in [0.3, 0.4) is 0 Å². The van der Waals surface area contributed by atoms with E-state index in [2.05, 4.69) is 23.8 Å². The molecule has 0 aliphatic carbocycles. The number of fused-ring (bicyclic) bond motifs is 1. The van der Waals surface area contributed by atoms with E-state index in [1.807, 2.05) is 0 Å². The predicted octanol–water partition coefficient (Wildman–Crippen LogP) is -1.39. The van der Waals surface area contributed by atoms with Crippen LogP contribution in [0, 0.1) is 0 Å². The number of imidazole rings is 1. The number of phosphoric ester groups is 1. The monoisotopic (exact) mass is 397 g/mol. The van der Waals surface area contributed by atoms with Gasteiger partial charge in [-0.05, 0) is 0 Å². The molecular weight excluding hydrogens is 385 g/mol. The number of aromatic nitrogens is 4. The number of halogens is 1. The number of hydrogen-bond acceptors (Lipinski definition) is 9. The van der Waals surface area contributed by atoms with Gasteiger partial charge >= 0.3 is 7.82 Å². The average molecular weight is 398 g/mol. The van der Waals surface area contributed by atoms with Crippen LogP contribution >= 0.6 is 19.7 Å². The lowest BCUT2D eigenvalue weighted by Crippen LogP contribution is -2.34. The number of aliphatic hydroxyl groups excluding tert-OH is 1. The normalized spacial score (nSPS) is 27.2. The summed E-state index contributed by atoms with van der Waals surface area (Å²) in [5.74, 6) is -0.164. The number of phosphoric acid groups is 1. The lowest BCUT2D eigenvalue weighted by molar-refractivity contribution is -0.0475. The van der Waals surface area contributed by atoms with Crippen LogP contribution in [0.5, 0.6) is 0 Å². The third-order valence-corrected chi connectivity index (χ3v) is 4.24. The molecule has 1 fully saturated rings. The first-order chi connectivity index (χ1) is 11.7. The van der Waals surface area contributed by atoms with Crippen LogP contribution < -0.4 is 11.3 Å². The summed E-state index contributed by atoms with van der Waals surface area (Å²) in [7, 11) is -4.76. The molecule has 15 heteroatoms. The van der Waals surface area contributed by atoms with Gasteiger partial charge in [-0.1, -0.05) is 0 Å². The number of hydrogen-bond donors (Lipinski definition) is 5. The van der Waals surface area contributed by atoms with Gasteiger partial charge in [0, 0.05) is 0 Å². The lowest BCUT2D eigenvalue weighted by atomic mass is 10.1. The summed E-state index contributed by atoms with van der Waals surface area (Å²) in [6.45, 7) is -0.624. The molecule has 0 amide bonds. The summed E-state index contributed by atoms with van der Waals surface area (Å²) < 4.78 is 26.6. The van der Waals surface area contributed by atoms with Gasteiger partial charge in [-0.15, -0.1) is 0 Å². The van der Waals surface area contributed by atoms with Crippen LogP contribution in [0.4, 0.5) is 5.95 Å². The highest BCUT2D eigenvalue weighted by Gasteiger charge is 2.47. The van der Waals surface area contributed by atoms with E-state index in [9.17, 15) is 14.5 Å². The number of rotatable bonds is 5. The van der Waals surface area contributed by atoms with Crippen molar-refractivity contribution in [2.45, 2.75) is 24.5 Å². The van der Waals surface area contributed by atoms with Crippen LogP contribution in [0.1, 0.15) is 6.23 Å². The standard InChI is InChI=1S/C10H13ClN5O8P/c11-24-6-5(17)3(1-22-25(19,20)21)23-9(6)16-2-13-4-7(16)14-10(12)15-8(4)18/h2-3,5-6,9,17H,1H2,(H2,19,20,21)(H3,12,14,15,18)/t3-,5+,6-,9-/m1/s1. The summed E-state index contributed by atoms with van der Waals surface area (Å²) in [6, 6.07) is 0. The van der Waals surface area contributed by atoms with E-state index in [1.165, 1.54) is 10.9 Å². The van der Waals surface area contributed by atoms with Gasteiger partial charge in [-0.25, -0.2) is 9.55 Å². The van der Waals surface area contributed by atoms with Crippen molar-refractivity contribution in [3.8, 4) is 0 Å². The number of nitrogens with zero attached hydrogens (tertiary/aromatic N) is 3. The molecule has 0 aromatic carbocycles. The Balaban J connectivity index is 1.94. The maximum Gasteiger partial charge on any atom is 0.469 e. The Morgan fingerprint density at radius 3 is 2.88 bits per heavy atom. The lowest BCUT2D eigenvalue weighted by Gasteiger charge is -2.18. The van der Waals surface area contributed by atoms with Crippen LogP contribution in [0.15, 0.2) is 11.1 Å². The molecule has 6 N–H and O–H groups in total. The van der Waals surface area contributed by atoms with Crippen LogP contribution in [-0.2, 0) is 18.1 Å². The highest BCUT2D eigenvalue weighted by molar-refractivity contribution is 7.46. The molecule has 3 rings (SSSR count). The number of aromatic amines is 1. The fraction of sp³-hybridized carbons (Fsp3) is 0.500. The molecule has 0 bridgehead atoms. The van der Waals surface area contributed by atoms with E-state index in [0.29, 0.717) is 0 Å². The SMILES string of the molecule is Nc1nc2c(ncn2[C@@H]2O[C@H](COP(=O)(O)O)[C@H](O)[C@H]2OCl)c(=O)[nH]1. The van der Waals surface area contributed by atoms with Crippen LogP contribution in [0.25, 0.3) is 11.2 Å². The Labute approximate surface area is 143 Å². The van der Waals surface area contributed by atoms with Gasteiger partial charge in [-0.2, -0.15) is 4.98 Å². The molecular formula is C10H13ClN5O8P. The zero-order valence-electron chi connectivity index (χ0n) is 12.2.